The number of rotatable bonds is 7. The lowest BCUT2D eigenvalue weighted by molar-refractivity contribution is -0.121. The van der Waals surface area contributed by atoms with Crippen LogP contribution in [-0.4, -0.2) is 15.7 Å². The van der Waals surface area contributed by atoms with Gasteiger partial charge in [-0.1, -0.05) is 25.4 Å². The number of nitrogens with one attached hydrogen (secondary N) is 1. The predicted molar refractivity (Wildman–Crippen MR) is 96.0 cm³/mol. The number of carbonyl (C=O) groups excluding carboxylic acids is 1. The van der Waals surface area contributed by atoms with Gasteiger partial charge in [0.15, 0.2) is 0 Å². The second kappa shape index (κ2) is 7.97. The normalized spacial score (nSPS) is 11.2. The van der Waals surface area contributed by atoms with Crippen LogP contribution in [0.15, 0.2) is 12.1 Å². The van der Waals surface area contributed by atoms with Gasteiger partial charge in [0, 0.05) is 23.5 Å². The largest absolute Gasteiger partial charge is 0.351 e. The zero-order valence-electron chi connectivity index (χ0n) is 14.1. The minimum Gasteiger partial charge on any atom is -0.351 e. The number of carbonyl (C=O) groups is 1. The summed E-state index contributed by atoms with van der Waals surface area (Å²) in [5.41, 5.74) is 3.40. The first-order valence-electron chi connectivity index (χ1n) is 7.90. The average molecular weight is 354 g/mol. The summed E-state index contributed by atoms with van der Waals surface area (Å²) >= 11 is 7.38. The Morgan fingerprint density at radius 2 is 2.13 bits per heavy atom. The molecule has 1 N–H and O–H groups in total. The monoisotopic (exact) mass is 353 g/mol. The van der Waals surface area contributed by atoms with E-state index in [9.17, 15) is 4.79 Å². The first kappa shape index (κ1) is 18.0. The van der Waals surface area contributed by atoms with Gasteiger partial charge >= 0.3 is 0 Å². The Morgan fingerprint density at radius 1 is 1.39 bits per heavy atom. The Hall–Kier alpha value is -1.33. The standard InChI is InChI=1S/C17H24ClN3OS/c1-11(2)10-21-13(4)15(12(3)20-21)6-8-17(22)19-9-14-5-7-16(18)23-14/h5,7,11H,6,8-10H2,1-4H3,(H,19,22). The van der Waals surface area contributed by atoms with E-state index in [1.807, 2.05) is 19.1 Å². The first-order chi connectivity index (χ1) is 10.9. The summed E-state index contributed by atoms with van der Waals surface area (Å²) in [6, 6.07) is 3.79. The van der Waals surface area contributed by atoms with Crippen molar-refractivity contribution in [2.24, 2.45) is 5.92 Å². The van der Waals surface area contributed by atoms with Gasteiger partial charge < -0.3 is 5.32 Å². The quantitative estimate of drug-likeness (QED) is 0.813. The van der Waals surface area contributed by atoms with Crippen LogP contribution in [0, 0.1) is 19.8 Å². The summed E-state index contributed by atoms with van der Waals surface area (Å²) in [6.45, 7) is 9.92. The molecular formula is C17H24ClN3OS. The molecule has 126 valence electrons. The molecular weight excluding hydrogens is 330 g/mol. The molecule has 0 saturated carbocycles. The summed E-state index contributed by atoms with van der Waals surface area (Å²) < 4.78 is 2.80. The molecule has 1 amide bonds. The number of halogens is 1. The van der Waals surface area contributed by atoms with Crippen LogP contribution in [0.25, 0.3) is 0 Å². The van der Waals surface area contributed by atoms with Crippen LogP contribution in [0.4, 0.5) is 0 Å². The van der Waals surface area contributed by atoms with E-state index in [4.69, 9.17) is 11.6 Å². The van der Waals surface area contributed by atoms with Gasteiger partial charge in [0.1, 0.15) is 0 Å². The van der Waals surface area contributed by atoms with E-state index in [0.717, 1.165) is 27.9 Å². The van der Waals surface area contributed by atoms with E-state index in [0.29, 0.717) is 18.9 Å². The van der Waals surface area contributed by atoms with E-state index < -0.39 is 0 Å². The van der Waals surface area contributed by atoms with Crippen molar-refractivity contribution in [1.82, 2.24) is 15.1 Å². The maximum atomic E-state index is 12.0. The molecule has 0 aliphatic rings. The fourth-order valence-electron chi connectivity index (χ4n) is 2.58. The van der Waals surface area contributed by atoms with Gasteiger partial charge in [-0.15, -0.1) is 11.3 Å². The summed E-state index contributed by atoms with van der Waals surface area (Å²) in [4.78, 5) is 13.1. The minimum atomic E-state index is 0.0601. The van der Waals surface area contributed by atoms with Crippen molar-refractivity contribution in [2.75, 3.05) is 0 Å². The highest BCUT2D eigenvalue weighted by Gasteiger charge is 2.13. The highest BCUT2D eigenvalue weighted by molar-refractivity contribution is 7.16. The molecule has 0 fully saturated rings. The van der Waals surface area contributed by atoms with Crippen molar-refractivity contribution in [3.8, 4) is 0 Å². The van der Waals surface area contributed by atoms with Crippen LogP contribution >= 0.6 is 22.9 Å². The third-order valence-corrected chi connectivity index (χ3v) is 4.99. The number of aromatic nitrogens is 2. The minimum absolute atomic E-state index is 0.0601. The Kier molecular flexibility index (Phi) is 6.25. The molecule has 0 radical (unpaired) electrons. The van der Waals surface area contributed by atoms with Gasteiger partial charge in [-0.3, -0.25) is 9.48 Å². The molecule has 0 aliphatic carbocycles. The number of aryl methyl sites for hydroxylation is 1. The lowest BCUT2D eigenvalue weighted by Gasteiger charge is -2.08. The van der Waals surface area contributed by atoms with Gasteiger partial charge in [0.25, 0.3) is 0 Å². The maximum absolute atomic E-state index is 12.0. The van der Waals surface area contributed by atoms with Crippen LogP contribution in [0.3, 0.4) is 0 Å². The molecule has 23 heavy (non-hydrogen) atoms. The summed E-state index contributed by atoms with van der Waals surface area (Å²) in [6.07, 6.45) is 1.21. The van der Waals surface area contributed by atoms with Gasteiger partial charge in [-0.05, 0) is 43.9 Å². The molecule has 2 heterocycles. The van der Waals surface area contributed by atoms with E-state index in [-0.39, 0.29) is 5.91 Å². The number of amides is 1. The summed E-state index contributed by atoms with van der Waals surface area (Å²) in [7, 11) is 0. The molecule has 4 nitrogen and oxygen atoms in total. The smallest absolute Gasteiger partial charge is 0.220 e. The van der Waals surface area contributed by atoms with Crippen molar-refractivity contribution in [3.05, 3.63) is 38.3 Å². The number of hydrogen-bond acceptors (Lipinski definition) is 3. The maximum Gasteiger partial charge on any atom is 0.220 e. The third kappa shape index (κ3) is 5.08. The van der Waals surface area contributed by atoms with E-state index in [1.54, 1.807) is 0 Å². The molecule has 2 aromatic heterocycles. The van der Waals surface area contributed by atoms with Gasteiger partial charge in [0.05, 0.1) is 16.6 Å². The first-order valence-corrected chi connectivity index (χ1v) is 9.10. The van der Waals surface area contributed by atoms with Crippen LogP contribution in [0.5, 0.6) is 0 Å². The topological polar surface area (TPSA) is 46.9 Å². The van der Waals surface area contributed by atoms with Crippen LogP contribution in [0.1, 0.15) is 42.1 Å². The van der Waals surface area contributed by atoms with E-state index in [1.165, 1.54) is 22.6 Å². The molecule has 0 aliphatic heterocycles. The fraction of sp³-hybridized carbons (Fsp3) is 0.529. The molecule has 0 saturated heterocycles. The Labute approximate surface area is 146 Å². The van der Waals surface area contributed by atoms with E-state index in [2.05, 4.69) is 35.9 Å². The van der Waals surface area contributed by atoms with E-state index >= 15 is 0 Å². The Bertz CT molecular complexity index is 675. The zero-order chi connectivity index (χ0) is 17.0. The van der Waals surface area contributed by atoms with Crippen molar-refractivity contribution < 1.29 is 4.79 Å². The second-order valence-electron chi connectivity index (χ2n) is 6.21. The van der Waals surface area contributed by atoms with Crippen molar-refractivity contribution in [1.29, 1.82) is 0 Å². The molecule has 6 heteroatoms. The molecule has 0 atom stereocenters. The zero-order valence-corrected chi connectivity index (χ0v) is 15.7. The van der Waals surface area contributed by atoms with Crippen molar-refractivity contribution in [2.45, 2.75) is 53.6 Å². The number of hydrogen-bond donors (Lipinski definition) is 1. The lowest BCUT2D eigenvalue weighted by Crippen LogP contribution is -2.22. The van der Waals surface area contributed by atoms with Crippen molar-refractivity contribution >= 4 is 28.8 Å². The third-order valence-electron chi connectivity index (χ3n) is 3.76. The lowest BCUT2D eigenvalue weighted by atomic mass is 10.1. The molecule has 2 aromatic rings. The second-order valence-corrected chi connectivity index (χ2v) is 8.01. The highest BCUT2D eigenvalue weighted by atomic mass is 35.5. The van der Waals surface area contributed by atoms with Gasteiger partial charge in [-0.2, -0.15) is 5.10 Å². The number of nitrogens with zero attached hydrogens (tertiary/aromatic N) is 2. The number of thiophene rings is 1. The Morgan fingerprint density at radius 3 is 2.74 bits per heavy atom. The van der Waals surface area contributed by atoms with Gasteiger partial charge in [0.2, 0.25) is 5.91 Å². The highest BCUT2D eigenvalue weighted by Crippen LogP contribution is 2.21. The van der Waals surface area contributed by atoms with Crippen LogP contribution in [-0.2, 0) is 24.3 Å². The SMILES string of the molecule is Cc1nn(CC(C)C)c(C)c1CCC(=O)NCc1ccc(Cl)s1. The fourth-order valence-corrected chi connectivity index (χ4v) is 3.61. The summed E-state index contributed by atoms with van der Waals surface area (Å²) in [5, 5.41) is 7.54. The Balaban J connectivity index is 1.87. The van der Waals surface area contributed by atoms with Gasteiger partial charge in [-0.25, -0.2) is 0 Å². The molecule has 0 aromatic carbocycles. The molecule has 2 rings (SSSR count). The van der Waals surface area contributed by atoms with Crippen LogP contribution < -0.4 is 5.32 Å². The molecule has 0 unspecified atom stereocenters. The molecule has 0 spiro atoms. The summed E-state index contributed by atoms with van der Waals surface area (Å²) in [5.74, 6) is 0.617. The predicted octanol–water partition coefficient (Wildman–Crippen LogP) is 4.12. The van der Waals surface area contributed by atoms with Crippen molar-refractivity contribution in [3.63, 3.8) is 0 Å². The average Bonchev–Trinajstić information content (AvgIpc) is 2.99. The molecule has 0 bridgehead atoms. The van der Waals surface area contributed by atoms with Crippen LogP contribution in [0.2, 0.25) is 4.34 Å².